The van der Waals surface area contributed by atoms with Crippen molar-refractivity contribution in [3.63, 3.8) is 0 Å². The Morgan fingerprint density at radius 3 is 2.55 bits per heavy atom. The lowest BCUT2D eigenvalue weighted by Gasteiger charge is -2.16. The fourth-order valence-corrected chi connectivity index (χ4v) is 3.90. The van der Waals surface area contributed by atoms with Gasteiger partial charge in [-0.05, 0) is 60.9 Å². The molecule has 0 spiro atoms. The van der Waals surface area contributed by atoms with Crippen LogP contribution in [0.1, 0.15) is 39.7 Å². The fraction of sp³-hybridized carbons (Fsp3) is 0.259. The van der Waals surface area contributed by atoms with E-state index >= 15 is 0 Å². The normalized spacial score (nSPS) is 12.6. The molecule has 1 aromatic heterocycles. The van der Waals surface area contributed by atoms with E-state index in [1.807, 2.05) is 25.3 Å². The summed E-state index contributed by atoms with van der Waals surface area (Å²) in [7, 11) is 1.74. The molecule has 6 heteroatoms. The summed E-state index contributed by atoms with van der Waals surface area (Å²) in [5, 5.41) is 11.5. The van der Waals surface area contributed by atoms with Crippen molar-refractivity contribution < 1.29 is 4.74 Å². The van der Waals surface area contributed by atoms with Gasteiger partial charge in [0.25, 0.3) is 5.56 Å². The van der Waals surface area contributed by atoms with Gasteiger partial charge < -0.3 is 15.0 Å². The maximum atomic E-state index is 13.1. The highest BCUT2D eigenvalue weighted by atomic mass is 35.5. The van der Waals surface area contributed by atoms with E-state index < -0.39 is 0 Å². The molecule has 33 heavy (non-hydrogen) atoms. The molecule has 0 aliphatic rings. The molecule has 3 aromatic rings. The largest absolute Gasteiger partial charge is 0.455 e. The molecule has 0 saturated heterocycles. The first-order valence-corrected chi connectivity index (χ1v) is 11.2. The monoisotopic (exact) mass is 461 g/mol. The number of nitrogen functional groups attached to an aromatic ring is 1. The Morgan fingerprint density at radius 1 is 1.21 bits per heavy atom. The van der Waals surface area contributed by atoms with Gasteiger partial charge in [0.05, 0.1) is 5.56 Å². The number of nitrogens with zero attached hydrogens (tertiary/aromatic N) is 2. The quantitative estimate of drug-likeness (QED) is 0.544. The Labute approximate surface area is 199 Å². The molecule has 170 valence electrons. The molecular weight excluding hydrogens is 434 g/mol. The summed E-state index contributed by atoms with van der Waals surface area (Å²) >= 11 is 6.05. The van der Waals surface area contributed by atoms with Crippen LogP contribution in [-0.2, 0) is 7.05 Å². The van der Waals surface area contributed by atoms with Gasteiger partial charge in [-0.15, -0.1) is 0 Å². The third-order valence-electron chi connectivity index (χ3n) is 5.45. The van der Waals surface area contributed by atoms with Crippen LogP contribution in [0.25, 0.3) is 22.8 Å². The minimum absolute atomic E-state index is 0.0499. The summed E-state index contributed by atoms with van der Waals surface area (Å²) in [5.41, 5.74) is 9.69. The SMILES string of the molecule is CC/C(C)=c1\c(-c2cc(N)ccc2Oc2ccc(Cl)cc2C#N)cn(C)c(=O)\c1=C\C(C)C. The Hall–Kier alpha value is -3.49. The van der Waals surface area contributed by atoms with Crippen LogP contribution >= 0.6 is 11.6 Å². The lowest BCUT2D eigenvalue weighted by atomic mass is 9.97. The van der Waals surface area contributed by atoms with Gasteiger partial charge >= 0.3 is 0 Å². The summed E-state index contributed by atoms with van der Waals surface area (Å²) in [4.78, 5) is 13.1. The van der Waals surface area contributed by atoms with E-state index in [4.69, 9.17) is 22.1 Å². The van der Waals surface area contributed by atoms with E-state index in [9.17, 15) is 10.1 Å². The molecule has 0 atom stereocenters. The van der Waals surface area contributed by atoms with Crippen LogP contribution in [0.5, 0.6) is 11.5 Å². The number of hydrogen-bond donors (Lipinski definition) is 1. The number of halogens is 1. The van der Waals surface area contributed by atoms with Crippen molar-refractivity contribution >= 4 is 28.9 Å². The van der Waals surface area contributed by atoms with E-state index in [1.54, 1.807) is 41.9 Å². The Bertz CT molecular complexity index is 1430. The summed E-state index contributed by atoms with van der Waals surface area (Å²) in [6, 6.07) is 12.4. The molecule has 0 amide bonds. The first-order chi connectivity index (χ1) is 15.7. The number of anilines is 1. The Balaban J connectivity index is 2.41. The van der Waals surface area contributed by atoms with Crippen LogP contribution in [0.2, 0.25) is 5.02 Å². The number of aryl methyl sites for hydroxylation is 1. The summed E-state index contributed by atoms with van der Waals surface area (Å²) in [6.07, 6.45) is 4.61. The zero-order valence-corrected chi connectivity index (χ0v) is 20.3. The van der Waals surface area contributed by atoms with Crippen LogP contribution in [0.4, 0.5) is 5.69 Å². The highest BCUT2D eigenvalue weighted by Crippen LogP contribution is 2.35. The molecule has 1 heterocycles. The van der Waals surface area contributed by atoms with Crippen LogP contribution in [0.15, 0.2) is 47.4 Å². The smallest absolute Gasteiger partial charge is 0.257 e. The van der Waals surface area contributed by atoms with E-state index in [-0.39, 0.29) is 11.5 Å². The fourth-order valence-electron chi connectivity index (χ4n) is 3.73. The molecule has 0 unspecified atom stereocenters. The number of ether oxygens (including phenoxy) is 1. The molecule has 0 aliphatic carbocycles. The van der Waals surface area contributed by atoms with Crippen molar-refractivity contribution in [2.45, 2.75) is 34.1 Å². The lowest BCUT2D eigenvalue weighted by molar-refractivity contribution is 0.483. The predicted molar refractivity (Wildman–Crippen MR) is 136 cm³/mol. The molecule has 0 fully saturated rings. The molecule has 0 aliphatic heterocycles. The zero-order chi connectivity index (χ0) is 24.3. The molecule has 2 aromatic carbocycles. The maximum absolute atomic E-state index is 13.1. The van der Waals surface area contributed by atoms with Gasteiger partial charge in [-0.25, -0.2) is 0 Å². The maximum Gasteiger partial charge on any atom is 0.257 e. The Kier molecular flexibility index (Phi) is 7.30. The Morgan fingerprint density at radius 2 is 1.91 bits per heavy atom. The number of nitrogens with two attached hydrogens (primary N) is 1. The van der Waals surface area contributed by atoms with Crippen molar-refractivity contribution in [3.8, 4) is 28.7 Å². The van der Waals surface area contributed by atoms with Gasteiger partial charge in [0.15, 0.2) is 0 Å². The first-order valence-electron chi connectivity index (χ1n) is 10.8. The van der Waals surface area contributed by atoms with Crippen LogP contribution < -0.4 is 26.5 Å². The standard InChI is InChI=1S/C27H28ClN3O2/c1-6-17(4)26-22(11-16(2)3)27(32)31(5)15-23(26)21-13-20(30)8-10-25(21)33-24-9-7-19(28)12-18(24)14-29/h7-13,15-16H,6,30H2,1-5H3/b22-11+,26-17-. The van der Waals surface area contributed by atoms with Gasteiger partial charge in [-0.1, -0.05) is 44.0 Å². The second-order valence-electron chi connectivity index (χ2n) is 8.40. The molecule has 0 saturated carbocycles. The first kappa shape index (κ1) is 24.2. The van der Waals surface area contributed by atoms with Crippen LogP contribution in [-0.4, -0.2) is 4.57 Å². The minimum atomic E-state index is -0.0499. The average molecular weight is 462 g/mol. The van der Waals surface area contributed by atoms with Crippen molar-refractivity contribution in [3.05, 3.63) is 74.0 Å². The van der Waals surface area contributed by atoms with E-state index in [0.717, 1.165) is 28.3 Å². The van der Waals surface area contributed by atoms with Gasteiger partial charge in [0.2, 0.25) is 0 Å². The van der Waals surface area contributed by atoms with Gasteiger partial charge in [0, 0.05) is 40.3 Å². The van der Waals surface area contributed by atoms with Crippen molar-refractivity contribution in [2.24, 2.45) is 13.0 Å². The molecule has 2 N–H and O–H groups in total. The molecule has 0 bridgehead atoms. The second kappa shape index (κ2) is 9.97. The number of rotatable bonds is 5. The van der Waals surface area contributed by atoms with E-state index in [1.165, 1.54) is 0 Å². The number of hydrogen-bond acceptors (Lipinski definition) is 4. The zero-order valence-electron chi connectivity index (χ0n) is 19.6. The number of nitriles is 1. The third-order valence-corrected chi connectivity index (χ3v) is 5.68. The molecule has 5 nitrogen and oxygen atoms in total. The van der Waals surface area contributed by atoms with Crippen LogP contribution in [0, 0.1) is 17.2 Å². The highest BCUT2D eigenvalue weighted by Gasteiger charge is 2.16. The van der Waals surface area contributed by atoms with E-state index in [2.05, 4.69) is 26.8 Å². The number of benzene rings is 2. The van der Waals surface area contributed by atoms with Gasteiger partial charge in [0.1, 0.15) is 17.6 Å². The third kappa shape index (κ3) is 5.13. The van der Waals surface area contributed by atoms with Crippen molar-refractivity contribution in [1.29, 1.82) is 5.26 Å². The molecular formula is C27H28ClN3O2. The summed E-state index contributed by atoms with van der Waals surface area (Å²) < 4.78 is 7.80. The van der Waals surface area contributed by atoms with Crippen molar-refractivity contribution in [1.82, 2.24) is 4.57 Å². The van der Waals surface area contributed by atoms with Gasteiger partial charge in [-0.3, -0.25) is 4.79 Å². The second-order valence-corrected chi connectivity index (χ2v) is 8.84. The lowest BCUT2D eigenvalue weighted by Crippen LogP contribution is -2.46. The summed E-state index contributed by atoms with van der Waals surface area (Å²) in [6.45, 7) is 8.21. The van der Waals surface area contributed by atoms with E-state index in [0.29, 0.717) is 33.0 Å². The van der Waals surface area contributed by atoms with Crippen molar-refractivity contribution in [2.75, 3.05) is 5.73 Å². The van der Waals surface area contributed by atoms with Crippen LogP contribution in [0.3, 0.4) is 0 Å². The number of aromatic nitrogens is 1. The number of pyridine rings is 1. The minimum Gasteiger partial charge on any atom is -0.455 e. The summed E-state index contributed by atoms with van der Waals surface area (Å²) in [5.74, 6) is 1.12. The topological polar surface area (TPSA) is 81.0 Å². The predicted octanol–water partition coefficient (Wildman–Crippen LogP) is 4.97. The molecule has 3 rings (SSSR count). The van der Waals surface area contributed by atoms with Gasteiger partial charge in [-0.2, -0.15) is 5.26 Å². The average Bonchev–Trinajstić information content (AvgIpc) is 2.78. The molecule has 0 radical (unpaired) electrons. The highest BCUT2D eigenvalue weighted by molar-refractivity contribution is 6.30.